The number of rotatable bonds is 5. The molecule has 0 saturated carbocycles. The minimum absolute atomic E-state index is 0. The predicted molar refractivity (Wildman–Crippen MR) is 101 cm³/mol. The average Bonchev–Trinajstić information content (AvgIpc) is 2.90. The molecule has 0 aliphatic rings. The fourth-order valence-corrected chi connectivity index (χ4v) is 2.19. The number of nitrogens with one attached hydrogen (secondary N) is 1. The van der Waals surface area contributed by atoms with Crippen LogP contribution in [0.5, 0.6) is 0 Å². The highest BCUT2D eigenvalue weighted by atomic mass is 127. The molecule has 0 aliphatic carbocycles. The van der Waals surface area contributed by atoms with Gasteiger partial charge in [0.15, 0.2) is 5.96 Å². The van der Waals surface area contributed by atoms with E-state index in [2.05, 4.69) is 52.7 Å². The zero-order valence-electron chi connectivity index (χ0n) is 13.2. The summed E-state index contributed by atoms with van der Waals surface area (Å²) in [5.41, 5.74) is 10.5. The lowest BCUT2D eigenvalue weighted by atomic mass is 10.0. The van der Waals surface area contributed by atoms with Gasteiger partial charge in [-0.15, -0.1) is 29.1 Å². The van der Waals surface area contributed by atoms with E-state index in [0.717, 1.165) is 24.2 Å². The molecule has 1 aromatic carbocycles. The molecular formula is C15H23IN6. The van der Waals surface area contributed by atoms with Crippen LogP contribution in [0.2, 0.25) is 0 Å². The second-order valence-electron chi connectivity index (χ2n) is 4.83. The summed E-state index contributed by atoms with van der Waals surface area (Å²) in [6.45, 7) is 4.72. The summed E-state index contributed by atoms with van der Waals surface area (Å²) in [5, 5.41) is 10.9. The van der Waals surface area contributed by atoms with Gasteiger partial charge in [-0.05, 0) is 24.0 Å². The Hall–Kier alpha value is -1.64. The Bertz CT molecular complexity index is 612. The molecular weight excluding hydrogens is 391 g/mol. The van der Waals surface area contributed by atoms with E-state index in [1.54, 1.807) is 10.9 Å². The first-order valence-electron chi connectivity index (χ1n) is 7.17. The van der Waals surface area contributed by atoms with Gasteiger partial charge >= 0.3 is 0 Å². The van der Waals surface area contributed by atoms with E-state index in [1.165, 1.54) is 11.1 Å². The third-order valence-corrected chi connectivity index (χ3v) is 3.47. The van der Waals surface area contributed by atoms with E-state index in [4.69, 9.17) is 5.73 Å². The van der Waals surface area contributed by atoms with E-state index in [1.807, 2.05) is 7.05 Å². The van der Waals surface area contributed by atoms with Crippen LogP contribution >= 0.6 is 24.0 Å². The Morgan fingerprint density at radius 1 is 1.27 bits per heavy atom. The number of halogens is 1. The van der Waals surface area contributed by atoms with Gasteiger partial charge < -0.3 is 11.1 Å². The summed E-state index contributed by atoms with van der Waals surface area (Å²) in [7, 11) is 1.84. The third kappa shape index (κ3) is 4.43. The smallest absolute Gasteiger partial charge is 0.193 e. The molecule has 6 nitrogen and oxygen atoms in total. The monoisotopic (exact) mass is 414 g/mol. The molecule has 0 radical (unpaired) electrons. The van der Waals surface area contributed by atoms with Crippen molar-refractivity contribution < 1.29 is 0 Å². The van der Waals surface area contributed by atoms with Crippen molar-refractivity contribution in [2.75, 3.05) is 5.32 Å². The number of aromatic nitrogens is 3. The van der Waals surface area contributed by atoms with E-state index in [0.29, 0.717) is 12.5 Å². The molecule has 0 aliphatic heterocycles. The number of nitrogens with two attached hydrogens (primary N) is 1. The first-order chi connectivity index (χ1) is 10.2. The number of hydrogen-bond donors (Lipinski definition) is 2. The molecule has 0 fully saturated rings. The zero-order valence-corrected chi connectivity index (χ0v) is 15.5. The fourth-order valence-electron chi connectivity index (χ4n) is 2.19. The van der Waals surface area contributed by atoms with Gasteiger partial charge in [-0.2, -0.15) is 0 Å². The number of aryl methyl sites for hydroxylation is 3. The van der Waals surface area contributed by atoms with Crippen LogP contribution in [0.25, 0.3) is 0 Å². The number of para-hydroxylation sites is 1. The summed E-state index contributed by atoms with van der Waals surface area (Å²) < 4.78 is 1.69. The van der Waals surface area contributed by atoms with Crippen molar-refractivity contribution in [3.05, 3.63) is 41.2 Å². The number of hydrogen-bond acceptors (Lipinski definition) is 3. The zero-order chi connectivity index (χ0) is 15.2. The summed E-state index contributed by atoms with van der Waals surface area (Å²) >= 11 is 0. The normalized spacial score (nSPS) is 11.1. The highest BCUT2D eigenvalue weighted by Gasteiger charge is 2.07. The van der Waals surface area contributed by atoms with E-state index in [9.17, 15) is 0 Å². The minimum atomic E-state index is 0. The maximum atomic E-state index is 6.01. The summed E-state index contributed by atoms with van der Waals surface area (Å²) in [4.78, 5) is 4.36. The SMILES string of the molecule is CCc1cccc(CC)c1NC(N)=NCc1cnnn1C.I. The molecule has 0 amide bonds. The number of guanidine groups is 1. The Kier molecular flexibility index (Phi) is 7.30. The molecule has 120 valence electrons. The molecule has 7 heteroatoms. The molecule has 0 atom stereocenters. The maximum absolute atomic E-state index is 6.01. The van der Waals surface area contributed by atoms with Crippen molar-refractivity contribution in [2.45, 2.75) is 33.2 Å². The Labute approximate surface area is 148 Å². The number of benzene rings is 1. The topological polar surface area (TPSA) is 81.1 Å². The van der Waals surface area contributed by atoms with Gasteiger partial charge in [0.1, 0.15) is 0 Å². The second-order valence-corrected chi connectivity index (χ2v) is 4.83. The van der Waals surface area contributed by atoms with Crippen molar-refractivity contribution in [1.29, 1.82) is 0 Å². The van der Waals surface area contributed by atoms with Crippen LogP contribution in [-0.4, -0.2) is 21.0 Å². The fraction of sp³-hybridized carbons (Fsp3) is 0.400. The van der Waals surface area contributed by atoms with Crippen LogP contribution in [0, 0.1) is 0 Å². The van der Waals surface area contributed by atoms with Crippen LogP contribution < -0.4 is 11.1 Å². The Morgan fingerprint density at radius 2 is 1.91 bits per heavy atom. The van der Waals surface area contributed by atoms with Crippen molar-refractivity contribution in [3.63, 3.8) is 0 Å². The van der Waals surface area contributed by atoms with Crippen molar-refractivity contribution in [3.8, 4) is 0 Å². The third-order valence-electron chi connectivity index (χ3n) is 3.47. The van der Waals surface area contributed by atoms with Crippen molar-refractivity contribution >= 4 is 35.6 Å². The number of nitrogens with zero attached hydrogens (tertiary/aromatic N) is 4. The molecule has 1 aromatic heterocycles. The van der Waals surface area contributed by atoms with Gasteiger partial charge in [-0.25, -0.2) is 4.99 Å². The molecule has 0 bridgehead atoms. The lowest BCUT2D eigenvalue weighted by Crippen LogP contribution is -2.24. The quantitative estimate of drug-likeness (QED) is 0.448. The molecule has 0 spiro atoms. The minimum Gasteiger partial charge on any atom is -0.370 e. The number of aliphatic imine (C=N–C) groups is 1. The van der Waals surface area contributed by atoms with Crippen LogP contribution in [-0.2, 0) is 26.4 Å². The largest absolute Gasteiger partial charge is 0.370 e. The van der Waals surface area contributed by atoms with E-state index in [-0.39, 0.29) is 24.0 Å². The summed E-state index contributed by atoms with van der Waals surface area (Å²) in [6, 6.07) is 6.30. The summed E-state index contributed by atoms with van der Waals surface area (Å²) in [5.74, 6) is 0.409. The molecule has 2 aromatic rings. The van der Waals surface area contributed by atoms with Gasteiger partial charge in [-0.1, -0.05) is 37.3 Å². The molecule has 1 heterocycles. The van der Waals surface area contributed by atoms with Crippen molar-refractivity contribution in [1.82, 2.24) is 15.0 Å². The van der Waals surface area contributed by atoms with Crippen LogP contribution in [0.15, 0.2) is 29.4 Å². The second kappa shape index (κ2) is 8.72. The van der Waals surface area contributed by atoms with Gasteiger partial charge in [0.25, 0.3) is 0 Å². The highest BCUT2D eigenvalue weighted by Crippen LogP contribution is 2.22. The molecule has 0 unspecified atom stereocenters. The lowest BCUT2D eigenvalue weighted by molar-refractivity contribution is 0.678. The average molecular weight is 414 g/mol. The Balaban J connectivity index is 0.00000242. The van der Waals surface area contributed by atoms with Gasteiger partial charge in [0.2, 0.25) is 0 Å². The molecule has 2 rings (SSSR count). The number of anilines is 1. The maximum Gasteiger partial charge on any atom is 0.193 e. The van der Waals surface area contributed by atoms with Gasteiger partial charge in [-0.3, -0.25) is 4.68 Å². The van der Waals surface area contributed by atoms with E-state index >= 15 is 0 Å². The first-order valence-corrected chi connectivity index (χ1v) is 7.17. The standard InChI is InChI=1S/C15H22N6.HI/c1-4-11-7-6-8-12(5-2)14(11)19-15(16)17-9-13-10-18-20-21(13)3;/h6-8,10H,4-5,9H2,1-3H3,(H3,16,17,19);1H. The van der Waals surface area contributed by atoms with Crippen LogP contribution in [0.1, 0.15) is 30.7 Å². The predicted octanol–water partition coefficient (Wildman–Crippen LogP) is 2.48. The van der Waals surface area contributed by atoms with Crippen molar-refractivity contribution in [2.24, 2.45) is 17.8 Å². The van der Waals surface area contributed by atoms with Crippen LogP contribution in [0.3, 0.4) is 0 Å². The Morgan fingerprint density at radius 3 is 2.41 bits per heavy atom. The first kappa shape index (κ1) is 18.4. The highest BCUT2D eigenvalue weighted by molar-refractivity contribution is 14.0. The van der Waals surface area contributed by atoms with Gasteiger partial charge in [0.05, 0.1) is 18.4 Å². The van der Waals surface area contributed by atoms with Gasteiger partial charge in [0, 0.05) is 12.7 Å². The lowest BCUT2D eigenvalue weighted by Gasteiger charge is -2.14. The van der Waals surface area contributed by atoms with Crippen LogP contribution in [0.4, 0.5) is 5.69 Å². The molecule has 0 saturated heterocycles. The van der Waals surface area contributed by atoms with E-state index < -0.39 is 0 Å². The summed E-state index contributed by atoms with van der Waals surface area (Å²) in [6.07, 6.45) is 3.60. The molecule has 22 heavy (non-hydrogen) atoms. The molecule has 3 N–H and O–H groups in total.